The van der Waals surface area contributed by atoms with Crippen molar-refractivity contribution in [2.75, 3.05) is 24.5 Å². The van der Waals surface area contributed by atoms with Gasteiger partial charge in [-0.15, -0.1) is 0 Å². The maximum Gasteiger partial charge on any atom is 0.264 e. The lowest BCUT2D eigenvalue weighted by Crippen LogP contribution is -2.51. The molecule has 0 saturated carbocycles. The van der Waals surface area contributed by atoms with E-state index in [4.69, 9.17) is 4.74 Å². The summed E-state index contributed by atoms with van der Waals surface area (Å²) in [5, 5.41) is 2.84. The van der Waals surface area contributed by atoms with Crippen LogP contribution < -0.4 is 14.4 Å². The normalized spacial score (nSPS) is 11.9. The molecule has 9 heteroatoms. The fourth-order valence-corrected chi connectivity index (χ4v) is 5.39. The Morgan fingerprint density at radius 3 is 2.32 bits per heavy atom. The number of nitrogens with one attached hydrogen (secondary N) is 1. The number of ether oxygens (including phenoxy) is 1. The van der Waals surface area contributed by atoms with E-state index in [2.05, 4.69) is 5.32 Å². The molecule has 0 unspecified atom stereocenters. The Morgan fingerprint density at radius 2 is 1.66 bits per heavy atom. The highest BCUT2D eigenvalue weighted by Crippen LogP contribution is 2.27. The minimum Gasteiger partial charge on any atom is -0.497 e. The van der Waals surface area contributed by atoms with Gasteiger partial charge in [0.25, 0.3) is 10.0 Å². The first-order valence-electron chi connectivity index (χ1n) is 12.5. The number of rotatable bonds is 12. The number of hydrogen-bond donors (Lipinski definition) is 1. The third-order valence-corrected chi connectivity index (χ3v) is 8.06. The van der Waals surface area contributed by atoms with E-state index in [0.29, 0.717) is 12.3 Å². The molecule has 0 bridgehead atoms. The summed E-state index contributed by atoms with van der Waals surface area (Å²) in [6.45, 7) is 5.67. The lowest BCUT2D eigenvalue weighted by Gasteiger charge is -2.32. The first-order valence-corrected chi connectivity index (χ1v) is 14.0. The van der Waals surface area contributed by atoms with Crippen molar-refractivity contribution in [2.24, 2.45) is 0 Å². The summed E-state index contributed by atoms with van der Waals surface area (Å²) >= 11 is 0. The first kappa shape index (κ1) is 28.7. The van der Waals surface area contributed by atoms with Crippen molar-refractivity contribution >= 4 is 27.5 Å². The van der Waals surface area contributed by atoms with Crippen molar-refractivity contribution in [3.8, 4) is 5.75 Å². The van der Waals surface area contributed by atoms with Crippen LogP contribution in [-0.2, 0) is 26.2 Å². The molecular formula is C29H35N3O5S. The standard InChI is InChI=1S/C29H35N3O5S/c1-5-18-30-29(34)23(3)31(20-24-13-10-9-12-22(24)2)28(33)21-32(25-14-11-15-26(19-25)37-4)38(35,36)27-16-7-6-8-17-27/h6-17,19,23H,5,18,20-21H2,1-4H3,(H,30,34)/t23-/m1/s1. The van der Waals surface area contributed by atoms with Gasteiger partial charge in [0.1, 0.15) is 18.3 Å². The summed E-state index contributed by atoms with van der Waals surface area (Å²) in [6.07, 6.45) is 0.753. The van der Waals surface area contributed by atoms with Crippen LogP contribution in [-0.4, -0.2) is 51.4 Å². The van der Waals surface area contributed by atoms with Crippen LogP contribution in [0.3, 0.4) is 0 Å². The zero-order valence-corrected chi connectivity index (χ0v) is 23.1. The number of hydrogen-bond acceptors (Lipinski definition) is 5. The van der Waals surface area contributed by atoms with E-state index in [0.717, 1.165) is 21.9 Å². The van der Waals surface area contributed by atoms with Crippen molar-refractivity contribution in [1.29, 1.82) is 0 Å². The van der Waals surface area contributed by atoms with Crippen molar-refractivity contribution in [3.63, 3.8) is 0 Å². The van der Waals surface area contributed by atoms with Crippen molar-refractivity contribution in [1.82, 2.24) is 10.2 Å². The lowest BCUT2D eigenvalue weighted by atomic mass is 10.1. The summed E-state index contributed by atoms with van der Waals surface area (Å²) in [4.78, 5) is 28.3. The molecule has 0 aliphatic rings. The molecule has 3 rings (SSSR count). The molecule has 2 amide bonds. The third-order valence-electron chi connectivity index (χ3n) is 6.27. The fraction of sp³-hybridized carbons (Fsp3) is 0.310. The molecular weight excluding hydrogens is 502 g/mol. The monoisotopic (exact) mass is 537 g/mol. The van der Waals surface area contributed by atoms with Gasteiger partial charge in [-0.25, -0.2) is 8.42 Å². The number of anilines is 1. The van der Waals surface area contributed by atoms with Gasteiger partial charge >= 0.3 is 0 Å². The number of aryl methyl sites for hydroxylation is 1. The molecule has 3 aromatic carbocycles. The van der Waals surface area contributed by atoms with E-state index in [9.17, 15) is 18.0 Å². The van der Waals surface area contributed by atoms with E-state index in [1.165, 1.54) is 24.1 Å². The van der Waals surface area contributed by atoms with Gasteiger partial charge in [0.2, 0.25) is 11.8 Å². The van der Waals surface area contributed by atoms with Crippen LogP contribution in [0.4, 0.5) is 5.69 Å². The SMILES string of the molecule is CCCNC(=O)[C@@H](C)N(Cc1ccccc1C)C(=O)CN(c1cccc(OC)c1)S(=O)(=O)c1ccccc1. The molecule has 38 heavy (non-hydrogen) atoms. The summed E-state index contributed by atoms with van der Waals surface area (Å²) in [6, 6.07) is 21.3. The quantitative estimate of drug-likeness (QED) is 0.375. The molecule has 202 valence electrons. The Labute approximate surface area is 225 Å². The van der Waals surface area contributed by atoms with Crippen LogP contribution in [0.15, 0.2) is 83.8 Å². The van der Waals surface area contributed by atoms with Gasteiger partial charge in [-0.2, -0.15) is 0 Å². The minimum atomic E-state index is -4.12. The highest BCUT2D eigenvalue weighted by atomic mass is 32.2. The molecule has 1 atom stereocenters. The van der Waals surface area contributed by atoms with Crippen LogP contribution in [0.25, 0.3) is 0 Å². The van der Waals surface area contributed by atoms with Crippen molar-refractivity contribution in [3.05, 3.63) is 90.0 Å². The number of carbonyl (C=O) groups is 2. The van der Waals surface area contributed by atoms with Gasteiger partial charge in [-0.05, 0) is 55.7 Å². The Morgan fingerprint density at radius 1 is 0.974 bits per heavy atom. The zero-order valence-electron chi connectivity index (χ0n) is 22.3. The van der Waals surface area contributed by atoms with E-state index in [1.807, 2.05) is 38.1 Å². The van der Waals surface area contributed by atoms with Gasteiger partial charge in [0.15, 0.2) is 0 Å². The highest BCUT2D eigenvalue weighted by Gasteiger charge is 2.32. The molecule has 0 aliphatic carbocycles. The third kappa shape index (κ3) is 6.92. The van der Waals surface area contributed by atoms with Crippen molar-refractivity contribution < 1.29 is 22.7 Å². The molecule has 8 nitrogen and oxygen atoms in total. The fourth-order valence-electron chi connectivity index (χ4n) is 3.96. The average molecular weight is 538 g/mol. The zero-order chi connectivity index (χ0) is 27.7. The molecule has 0 spiro atoms. The minimum absolute atomic E-state index is 0.0508. The number of benzene rings is 3. The number of amides is 2. The molecule has 1 N–H and O–H groups in total. The summed E-state index contributed by atoms with van der Waals surface area (Å²) < 4.78 is 33.9. The highest BCUT2D eigenvalue weighted by molar-refractivity contribution is 7.92. The topological polar surface area (TPSA) is 96.0 Å². The average Bonchev–Trinajstić information content (AvgIpc) is 2.94. The molecule has 0 saturated heterocycles. The maximum atomic E-state index is 13.9. The van der Waals surface area contributed by atoms with Crippen molar-refractivity contribution in [2.45, 2.75) is 44.7 Å². The van der Waals surface area contributed by atoms with E-state index in [-0.39, 0.29) is 23.0 Å². The molecule has 0 radical (unpaired) electrons. The molecule has 0 fully saturated rings. The summed E-state index contributed by atoms with van der Waals surface area (Å²) in [5.41, 5.74) is 2.11. The van der Waals surface area contributed by atoms with Gasteiger partial charge in [-0.1, -0.05) is 55.5 Å². The Kier molecular flexibility index (Phi) is 9.90. The van der Waals surface area contributed by atoms with Gasteiger partial charge in [-0.3, -0.25) is 13.9 Å². The number of nitrogens with zero attached hydrogens (tertiary/aromatic N) is 2. The second kappa shape index (κ2) is 13.1. The number of sulfonamides is 1. The molecule has 0 aliphatic heterocycles. The Balaban J connectivity index is 2.03. The predicted octanol–water partition coefficient (Wildman–Crippen LogP) is 4.14. The van der Waals surface area contributed by atoms with Gasteiger partial charge < -0.3 is 15.0 Å². The van der Waals surface area contributed by atoms with Crippen LogP contribution in [0.1, 0.15) is 31.4 Å². The first-order chi connectivity index (χ1) is 18.2. The lowest BCUT2D eigenvalue weighted by molar-refractivity contribution is -0.139. The van der Waals surface area contributed by atoms with Crippen LogP contribution in [0, 0.1) is 6.92 Å². The van der Waals surface area contributed by atoms with Crippen LogP contribution in [0.5, 0.6) is 5.75 Å². The smallest absolute Gasteiger partial charge is 0.264 e. The molecule has 0 heterocycles. The summed E-state index contributed by atoms with van der Waals surface area (Å²) in [7, 11) is -2.63. The Bertz CT molecular complexity index is 1350. The van der Waals surface area contributed by atoms with E-state index >= 15 is 0 Å². The second-order valence-corrected chi connectivity index (χ2v) is 10.8. The van der Waals surface area contributed by atoms with E-state index in [1.54, 1.807) is 49.4 Å². The number of methoxy groups -OCH3 is 1. The van der Waals surface area contributed by atoms with Crippen LogP contribution >= 0.6 is 0 Å². The predicted molar refractivity (Wildman–Crippen MR) is 148 cm³/mol. The molecule has 3 aromatic rings. The molecule has 0 aromatic heterocycles. The maximum absolute atomic E-state index is 13.9. The second-order valence-electron chi connectivity index (χ2n) is 8.94. The van der Waals surface area contributed by atoms with Crippen LogP contribution in [0.2, 0.25) is 0 Å². The summed E-state index contributed by atoms with van der Waals surface area (Å²) in [5.74, 6) is -0.352. The Hall–Kier alpha value is -3.85. The van der Waals surface area contributed by atoms with Gasteiger partial charge in [0, 0.05) is 19.2 Å². The van der Waals surface area contributed by atoms with E-state index < -0.39 is 28.5 Å². The number of carbonyl (C=O) groups excluding carboxylic acids is 2. The van der Waals surface area contributed by atoms with Gasteiger partial charge in [0.05, 0.1) is 17.7 Å². The largest absolute Gasteiger partial charge is 0.497 e.